The molecule has 1 aromatic rings. The Balaban J connectivity index is 2.09. The first-order valence-electron chi connectivity index (χ1n) is 6.87. The second-order valence-electron chi connectivity index (χ2n) is 5.93. The predicted molar refractivity (Wildman–Crippen MR) is 85.3 cm³/mol. The van der Waals surface area contributed by atoms with Crippen LogP contribution in [0, 0.1) is 0 Å². The van der Waals surface area contributed by atoms with Gasteiger partial charge in [0.25, 0.3) is 0 Å². The largest absolute Gasteiger partial charge is 0.370 e. The lowest BCUT2D eigenvalue weighted by Crippen LogP contribution is -2.52. The molecule has 20 heavy (non-hydrogen) atoms. The first-order chi connectivity index (χ1) is 9.40. The second-order valence-corrected chi connectivity index (χ2v) is 6.37. The molecule has 2 rings (SSSR count). The summed E-state index contributed by atoms with van der Waals surface area (Å²) in [7, 11) is 4.14. The Kier molecular flexibility index (Phi) is 4.55. The van der Waals surface area contributed by atoms with Crippen molar-refractivity contribution in [3.05, 3.63) is 34.9 Å². The van der Waals surface area contributed by atoms with Crippen LogP contribution in [0.25, 0.3) is 0 Å². The van der Waals surface area contributed by atoms with Crippen LogP contribution in [0.4, 0.5) is 0 Å². The van der Waals surface area contributed by atoms with Crippen LogP contribution in [0.2, 0.25) is 5.02 Å². The molecule has 2 N–H and O–H groups in total. The average molecular weight is 295 g/mol. The van der Waals surface area contributed by atoms with Gasteiger partial charge in [-0.05, 0) is 45.1 Å². The van der Waals surface area contributed by atoms with E-state index in [-0.39, 0.29) is 5.54 Å². The highest BCUT2D eigenvalue weighted by atomic mass is 35.5. The van der Waals surface area contributed by atoms with Gasteiger partial charge in [0.1, 0.15) is 0 Å². The van der Waals surface area contributed by atoms with Crippen molar-refractivity contribution in [2.75, 3.05) is 33.7 Å². The summed E-state index contributed by atoms with van der Waals surface area (Å²) in [6.07, 6.45) is 0.918. The lowest BCUT2D eigenvalue weighted by molar-refractivity contribution is 0.202. The number of rotatable bonds is 5. The monoisotopic (exact) mass is 294 g/mol. The van der Waals surface area contributed by atoms with Gasteiger partial charge in [-0.15, -0.1) is 0 Å². The number of benzene rings is 1. The minimum absolute atomic E-state index is 0.0477. The van der Waals surface area contributed by atoms with Gasteiger partial charge in [0.15, 0.2) is 5.96 Å². The molecular formula is C15H23ClN4. The zero-order chi connectivity index (χ0) is 14.8. The molecule has 0 aromatic heterocycles. The number of aliphatic imine (C=N–C) groups is 1. The number of guanidine groups is 1. The van der Waals surface area contributed by atoms with Crippen LogP contribution in [0.3, 0.4) is 0 Å². The summed E-state index contributed by atoms with van der Waals surface area (Å²) in [6.45, 7) is 4.83. The molecular weight excluding hydrogens is 272 g/mol. The van der Waals surface area contributed by atoms with Gasteiger partial charge in [0.05, 0.1) is 12.1 Å². The lowest BCUT2D eigenvalue weighted by atomic mass is 9.92. The van der Waals surface area contributed by atoms with E-state index in [9.17, 15) is 0 Å². The zero-order valence-electron chi connectivity index (χ0n) is 12.4. The standard InChI is InChI=1S/C15H23ClN4/c1-15(10-12-4-6-13(16)7-5-12)11-18-14(17)20(15)9-8-19(2)3/h4-7H,8-11H2,1-3H3,(H2,17,18). The molecule has 5 heteroatoms. The molecule has 1 atom stereocenters. The van der Waals surface area contributed by atoms with Crippen molar-refractivity contribution in [3.63, 3.8) is 0 Å². The van der Waals surface area contributed by atoms with Gasteiger partial charge in [0, 0.05) is 18.1 Å². The first-order valence-corrected chi connectivity index (χ1v) is 7.25. The first kappa shape index (κ1) is 15.1. The van der Waals surface area contributed by atoms with Crippen LogP contribution in [-0.4, -0.2) is 55.0 Å². The minimum atomic E-state index is -0.0477. The smallest absolute Gasteiger partial charge is 0.191 e. The summed E-state index contributed by atoms with van der Waals surface area (Å²) in [5, 5.41) is 0.769. The summed E-state index contributed by atoms with van der Waals surface area (Å²) >= 11 is 5.94. The number of nitrogens with zero attached hydrogens (tertiary/aromatic N) is 3. The van der Waals surface area contributed by atoms with E-state index in [1.54, 1.807) is 0 Å². The number of halogens is 1. The van der Waals surface area contributed by atoms with Crippen molar-refractivity contribution >= 4 is 17.6 Å². The van der Waals surface area contributed by atoms with Crippen LogP contribution >= 0.6 is 11.6 Å². The molecule has 0 saturated heterocycles. The lowest BCUT2D eigenvalue weighted by Gasteiger charge is -2.37. The Bertz CT molecular complexity index is 483. The number of hydrogen-bond acceptors (Lipinski definition) is 4. The second kappa shape index (κ2) is 6.02. The van der Waals surface area contributed by atoms with Gasteiger partial charge < -0.3 is 15.5 Å². The Hall–Kier alpha value is -1.26. The fourth-order valence-electron chi connectivity index (χ4n) is 2.58. The third-order valence-corrected chi connectivity index (χ3v) is 4.03. The molecule has 1 heterocycles. The molecule has 0 radical (unpaired) electrons. The predicted octanol–water partition coefficient (Wildman–Crippen LogP) is 1.83. The fraction of sp³-hybridized carbons (Fsp3) is 0.533. The highest BCUT2D eigenvalue weighted by molar-refractivity contribution is 6.30. The Morgan fingerprint density at radius 2 is 2.00 bits per heavy atom. The molecule has 110 valence electrons. The summed E-state index contributed by atoms with van der Waals surface area (Å²) < 4.78 is 0. The SMILES string of the molecule is CN(C)CCN1C(N)=NCC1(C)Cc1ccc(Cl)cc1. The molecule has 0 bridgehead atoms. The maximum absolute atomic E-state index is 6.05. The molecule has 1 aliphatic heterocycles. The van der Waals surface area contributed by atoms with E-state index in [2.05, 4.69) is 47.9 Å². The highest BCUT2D eigenvalue weighted by Gasteiger charge is 2.37. The normalized spacial score (nSPS) is 22.4. The topological polar surface area (TPSA) is 44.9 Å². The Labute approximate surface area is 126 Å². The molecule has 1 aromatic carbocycles. The van der Waals surface area contributed by atoms with Crippen molar-refractivity contribution in [2.45, 2.75) is 18.9 Å². The molecule has 0 aliphatic carbocycles. The summed E-state index contributed by atoms with van der Waals surface area (Å²) in [5.74, 6) is 0.656. The van der Waals surface area contributed by atoms with Crippen LogP contribution in [0.15, 0.2) is 29.3 Å². The van der Waals surface area contributed by atoms with Crippen molar-refractivity contribution < 1.29 is 0 Å². The molecule has 0 fully saturated rings. The summed E-state index contributed by atoms with van der Waals surface area (Å²) in [6, 6.07) is 8.02. The van der Waals surface area contributed by atoms with Gasteiger partial charge in [-0.25, -0.2) is 0 Å². The maximum Gasteiger partial charge on any atom is 0.191 e. The third kappa shape index (κ3) is 3.44. The van der Waals surface area contributed by atoms with E-state index < -0.39 is 0 Å². The summed E-state index contributed by atoms with van der Waals surface area (Å²) in [4.78, 5) is 8.82. The van der Waals surface area contributed by atoms with Gasteiger partial charge >= 0.3 is 0 Å². The van der Waals surface area contributed by atoms with Gasteiger partial charge in [-0.1, -0.05) is 23.7 Å². The van der Waals surface area contributed by atoms with Crippen LogP contribution < -0.4 is 5.73 Å². The quantitative estimate of drug-likeness (QED) is 0.901. The van der Waals surface area contributed by atoms with Gasteiger partial charge in [0.2, 0.25) is 0 Å². The van der Waals surface area contributed by atoms with E-state index in [1.807, 2.05) is 12.1 Å². The molecule has 4 nitrogen and oxygen atoms in total. The minimum Gasteiger partial charge on any atom is -0.370 e. The maximum atomic E-state index is 6.05. The fourth-order valence-corrected chi connectivity index (χ4v) is 2.70. The van der Waals surface area contributed by atoms with Crippen LogP contribution in [0.5, 0.6) is 0 Å². The summed E-state index contributed by atoms with van der Waals surface area (Å²) in [5.41, 5.74) is 7.27. The molecule has 0 spiro atoms. The highest BCUT2D eigenvalue weighted by Crippen LogP contribution is 2.26. The van der Waals surface area contributed by atoms with Crippen molar-refractivity contribution in [1.82, 2.24) is 9.80 Å². The van der Waals surface area contributed by atoms with Crippen molar-refractivity contribution in [2.24, 2.45) is 10.7 Å². The Morgan fingerprint density at radius 1 is 1.35 bits per heavy atom. The zero-order valence-corrected chi connectivity index (χ0v) is 13.2. The van der Waals surface area contributed by atoms with E-state index in [0.717, 1.165) is 31.1 Å². The molecule has 1 aliphatic rings. The van der Waals surface area contributed by atoms with E-state index in [0.29, 0.717) is 5.96 Å². The third-order valence-electron chi connectivity index (χ3n) is 3.78. The van der Waals surface area contributed by atoms with Crippen LogP contribution in [-0.2, 0) is 6.42 Å². The number of nitrogens with two attached hydrogens (primary N) is 1. The van der Waals surface area contributed by atoms with Crippen molar-refractivity contribution in [3.8, 4) is 0 Å². The van der Waals surface area contributed by atoms with Gasteiger partial charge in [-0.2, -0.15) is 0 Å². The van der Waals surface area contributed by atoms with Crippen LogP contribution in [0.1, 0.15) is 12.5 Å². The van der Waals surface area contributed by atoms with E-state index in [4.69, 9.17) is 17.3 Å². The van der Waals surface area contributed by atoms with E-state index >= 15 is 0 Å². The average Bonchev–Trinajstić information content (AvgIpc) is 2.66. The van der Waals surface area contributed by atoms with E-state index in [1.165, 1.54) is 5.56 Å². The van der Waals surface area contributed by atoms with Gasteiger partial charge in [-0.3, -0.25) is 4.99 Å². The molecule has 0 saturated carbocycles. The molecule has 1 unspecified atom stereocenters. The number of likely N-dealkylation sites (N-methyl/N-ethyl adjacent to an activating group) is 1. The Morgan fingerprint density at radius 3 is 2.60 bits per heavy atom. The molecule has 0 amide bonds. The van der Waals surface area contributed by atoms with Crippen molar-refractivity contribution in [1.29, 1.82) is 0 Å². The number of hydrogen-bond donors (Lipinski definition) is 1.